The molecular weight excluding hydrogens is 530 g/mol. The van der Waals surface area contributed by atoms with Crippen LogP contribution in [-0.4, -0.2) is 95.8 Å². The van der Waals surface area contributed by atoms with Gasteiger partial charge in [-0.25, -0.2) is 8.42 Å². The van der Waals surface area contributed by atoms with E-state index >= 15 is 0 Å². The first-order chi connectivity index (χ1) is 19.3. The van der Waals surface area contributed by atoms with Gasteiger partial charge in [-0.3, -0.25) is 9.69 Å². The number of piperazine rings is 1. The van der Waals surface area contributed by atoms with Gasteiger partial charge in [0.25, 0.3) is 0 Å². The molecule has 0 atom stereocenters. The number of benzene rings is 2. The molecule has 1 saturated heterocycles. The summed E-state index contributed by atoms with van der Waals surface area (Å²) in [5.74, 6) is 0.103. The number of ketones is 1. The van der Waals surface area contributed by atoms with Crippen molar-refractivity contribution in [3.63, 3.8) is 0 Å². The summed E-state index contributed by atoms with van der Waals surface area (Å²) in [7, 11) is -2.25. The number of sulfonamides is 1. The molecule has 2 aliphatic heterocycles. The van der Waals surface area contributed by atoms with Crippen LogP contribution in [0.5, 0.6) is 5.75 Å². The fraction of sp³-hybridized carbons (Fsp3) is 0.500. The number of hydrogen-bond acceptors (Lipinski definition) is 8. The number of methoxy groups -OCH3 is 1. The summed E-state index contributed by atoms with van der Waals surface area (Å²) in [5, 5.41) is 0. The summed E-state index contributed by atoms with van der Waals surface area (Å²) >= 11 is 0. The molecule has 2 aromatic rings. The number of fused-ring (bicyclic) bond motifs is 1. The Morgan fingerprint density at radius 3 is 2.10 bits per heavy atom. The predicted octanol–water partition coefficient (Wildman–Crippen LogP) is 4.30. The molecule has 2 aliphatic rings. The van der Waals surface area contributed by atoms with Crippen LogP contribution in [0.1, 0.15) is 37.6 Å². The second kappa shape index (κ2) is 17.1. The smallest absolute Gasteiger partial charge is 0.244 e. The zero-order valence-corrected chi connectivity index (χ0v) is 25.2. The van der Waals surface area contributed by atoms with Crippen LogP contribution in [0.2, 0.25) is 0 Å². The predicted molar refractivity (Wildman–Crippen MR) is 160 cm³/mol. The summed E-state index contributed by atoms with van der Waals surface area (Å²) in [4.78, 5) is 17.4. The molecule has 0 spiro atoms. The van der Waals surface area contributed by atoms with Crippen molar-refractivity contribution in [3.05, 3.63) is 67.3 Å². The molecule has 222 valence electrons. The topological polar surface area (TPSA) is 88.6 Å². The summed E-state index contributed by atoms with van der Waals surface area (Å²) < 4.78 is 42.6. The molecular formula is C30H45N3O6S. The summed E-state index contributed by atoms with van der Waals surface area (Å²) in [6, 6.07) is 15.1. The number of rotatable bonds is 10. The minimum Gasteiger partial charge on any atom is -0.496 e. The van der Waals surface area contributed by atoms with Crippen LogP contribution in [0.25, 0.3) is 0 Å². The van der Waals surface area contributed by atoms with Gasteiger partial charge in [-0.05, 0) is 58.0 Å². The molecule has 2 heterocycles. The standard InChI is InChI=1S/C22H27N3O4S.C6H14O2.C2H4/c1-29-20-9-5-10-21-22(20)19(26)17-25(30(21,27)28)12-6-11-23-13-15-24(16-14-23)18-7-3-2-4-8-18;1-4-7-6(3)8-5-2;1-2/h2-5,7-10H,6,11-17H2,1H3;6H,4-5H2,1-3H3;1-2H2. The van der Waals surface area contributed by atoms with E-state index in [1.807, 2.05) is 26.8 Å². The molecule has 0 amide bonds. The summed E-state index contributed by atoms with van der Waals surface area (Å²) in [6.07, 6.45) is 0.655. The first-order valence-corrected chi connectivity index (χ1v) is 15.2. The van der Waals surface area contributed by atoms with Crippen LogP contribution in [0.15, 0.2) is 66.6 Å². The first kappa shape index (κ1) is 33.4. The van der Waals surface area contributed by atoms with Gasteiger partial charge in [0.2, 0.25) is 10.0 Å². The Kier molecular flexibility index (Phi) is 14.3. The van der Waals surface area contributed by atoms with Crippen LogP contribution in [0.4, 0.5) is 5.69 Å². The lowest BCUT2D eigenvalue weighted by atomic mass is 10.1. The van der Waals surface area contributed by atoms with Crippen molar-refractivity contribution in [2.75, 3.05) is 71.0 Å². The van der Waals surface area contributed by atoms with Crippen LogP contribution < -0.4 is 9.64 Å². The van der Waals surface area contributed by atoms with E-state index in [-0.39, 0.29) is 29.1 Å². The number of anilines is 1. The number of ether oxygens (including phenoxy) is 3. The first-order valence-electron chi connectivity index (χ1n) is 13.8. The van der Waals surface area contributed by atoms with E-state index in [1.54, 1.807) is 12.1 Å². The average Bonchev–Trinajstić information content (AvgIpc) is 2.98. The van der Waals surface area contributed by atoms with Crippen LogP contribution in [-0.2, 0) is 19.5 Å². The minimum atomic E-state index is -3.69. The second-order valence-corrected chi connectivity index (χ2v) is 11.0. The van der Waals surface area contributed by atoms with Gasteiger partial charge in [-0.2, -0.15) is 4.31 Å². The highest BCUT2D eigenvalue weighted by Gasteiger charge is 2.37. The quantitative estimate of drug-likeness (QED) is 0.306. The van der Waals surface area contributed by atoms with Crippen LogP contribution in [0.3, 0.4) is 0 Å². The third-order valence-electron chi connectivity index (χ3n) is 6.60. The highest BCUT2D eigenvalue weighted by molar-refractivity contribution is 7.89. The van der Waals surface area contributed by atoms with E-state index in [0.717, 1.165) is 45.9 Å². The lowest BCUT2D eigenvalue weighted by Crippen LogP contribution is -2.47. The van der Waals surface area contributed by atoms with Gasteiger partial charge in [-0.15, -0.1) is 13.2 Å². The number of carbonyl (C=O) groups is 1. The molecule has 1 fully saturated rings. The Morgan fingerprint density at radius 2 is 1.52 bits per heavy atom. The van der Waals surface area contributed by atoms with Crippen LogP contribution >= 0.6 is 0 Å². The molecule has 0 bridgehead atoms. The van der Waals surface area contributed by atoms with Gasteiger partial charge in [0.05, 0.1) is 24.1 Å². The number of nitrogens with zero attached hydrogens (tertiary/aromatic N) is 3. The van der Waals surface area contributed by atoms with Crippen molar-refractivity contribution in [3.8, 4) is 5.75 Å². The zero-order chi connectivity index (χ0) is 29.5. The molecule has 10 heteroatoms. The van der Waals surface area contributed by atoms with Crippen molar-refractivity contribution in [1.82, 2.24) is 9.21 Å². The summed E-state index contributed by atoms with van der Waals surface area (Å²) in [6.45, 7) is 18.1. The molecule has 0 saturated carbocycles. The van der Waals surface area contributed by atoms with Crippen molar-refractivity contribution < 1.29 is 27.4 Å². The van der Waals surface area contributed by atoms with Gasteiger partial charge < -0.3 is 19.1 Å². The van der Waals surface area contributed by atoms with E-state index in [2.05, 4.69) is 47.2 Å². The van der Waals surface area contributed by atoms with Crippen molar-refractivity contribution in [1.29, 1.82) is 0 Å². The Morgan fingerprint density at radius 1 is 0.900 bits per heavy atom. The Bertz CT molecular complexity index is 1130. The maximum atomic E-state index is 13.0. The van der Waals surface area contributed by atoms with Crippen molar-refractivity contribution in [2.24, 2.45) is 0 Å². The summed E-state index contributed by atoms with van der Waals surface area (Å²) in [5.41, 5.74) is 1.41. The molecule has 0 radical (unpaired) electrons. The fourth-order valence-corrected chi connectivity index (χ4v) is 6.35. The normalized spacial score (nSPS) is 16.8. The van der Waals surface area contributed by atoms with Gasteiger partial charge in [0.15, 0.2) is 12.1 Å². The van der Waals surface area contributed by atoms with E-state index < -0.39 is 10.0 Å². The highest BCUT2D eigenvalue weighted by Crippen LogP contribution is 2.32. The maximum Gasteiger partial charge on any atom is 0.244 e. The average molecular weight is 576 g/mol. The van der Waals surface area contributed by atoms with E-state index in [0.29, 0.717) is 18.7 Å². The molecule has 4 rings (SSSR count). The zero-order valence-electron chi connectivity index (χ0n) is 24.4. The maximum absolute atomic E-state index is 13.0. The molecule has 0 aromatic heterocycles. The van der Waals surface area contributed by atoms with Gasteiger partial charge >= 0.3 is 0 Å². The molecule has 0 aliphatic carbocycles. The van der Waals surface area contributed by atoms with Crippen molar-refractivity contribution in [2.45, 2.75) is 38.4 Å². The molecule has 40 heavy (non-hydrogen) atoms. The van der Waals surface area contributed by atoms with Gasteiger partial charge in [0, 0.05) is 51.6 Å². The molecule has 0 N–H and O–H groups in total. The number of hydrogen-bond donors (Lipinski definition) is 0. The Hall–Kier alpha value is -2.76. The molecule has 9 nitrogen and oxygen atoms in total. The van der Waals surface area contributed by atoms with Gasteiger partial charge in [0.1, 0.15) is 5.75 Å². The Balaban J connectivity index is 0.000000484. The minimum absolute atomic E-state index is 0.0370. The largest absolute Gasteiger partial charge is 0.496 e. The number of carbonyl (C=O) groups excluding carboxylic acids is 1. The fourth-order valence-electron chi connectivity index (χ4n) is 4.69. The van der Waals surface area contributed by atoms with E-state index in [4.69, 9.17) is 14.2 Å². The lowest BCUT2D eigenvalue weighted by Gasteiger charge is -2.36. The third kappa shape index (κ3) is 9.14. The lowest BCUT2D eigenvalue weighted by molar-refractivity contribution is -0.123. The molecule has 0 unspecified atom stereocenters. The Labute approximate surface area is 240 Å². The number of Topliss-reactive ketones (excluding diaryl/α,β-unsaturated/α-hetero) is 1. The van der Waals surface area contributed by atoms with Gasteiger partial charge in [-0.1, -0.05) is 24.3 Å². The SMILES string of the molecule is C=C.CCOC(C)OCC.COc1cccc2c1C(=O)CN(CCCN1CCN(c3ccccc3)CC1)S2(=O)=O. The second-order valence-electron chi connectivity index (χ2n) is 9.09. The monoisotopic (exact) mass is 575 g/mol. The van der Waals surface area contributed by atoms with Crippen molar-refractivity contribution >= 4 is 21.5 Å². The highest BCUT2D eigenvalue weighted by atomic mass is 32.2. The molecule has 2 aromatic carbocycles. The third-order valence-corrected chi connectivity index (χ3v) is 8.49. The van der Waals surface area contributed by atoms with E-state index in [9.17, 15) is 13.2 Å². The number of para-hydroxylation sites is 1. The van der Waals surface area contributed by atoms with Crippen LogP contribution in [0, 0.1) is 0 Å². The van der Waals surface area contributed by atoms with E-state index in [1.165, 1.54) is 23.2 Å².